The van der Waals surface area contributed by atoms with E-state index in [1.54, 1.807) is 0 Å². The van der Waals surface area contributed by atoms with Gasteiger partial charge in [-0.2, -0.15) is 0 Å². The molecule has 11 heavy (non-hydrogen) atoms. The summed E-state index contributed by atoms with van der Waals surface area (Å²) < 4.78 is 6.48. The van der Waals surface area contributed by atoms with Crippen LogP contribution in [0.2, 0.25) is 0 Å². The van der Waals surface area contributed by atoms with Gasteiger partial charge in [0.25, 0.3) is 0 Å². The molecule has 2 nitrogen and oxygen atoms in total. The second-order valence-corrected chi connectivity index (χ2v) is 4.31. The maximum atomic E-state index is 5.30. The van der Waals surface area contributed by atoms with E-state index >= 15 is 0 Å². The van der Waals surface area contributed by atoms with Crippen LogP contribution in [0.15, 0.2) is 0 Å². The van der Waals surface area contributed by atoms with Crippen molar-refractivity contribution in [2.24, 2.45) is 0 Å². The van der Waals surface area contributed by atoms with Crippen molar-refractivity contribution in [2.45, 2.75) is 19.4 Å². The summed E-state index contributed by atoms with van der Waals surface area (Å²) in [6, 6.07) is 0. The summed E-state index contributed by atoms with van der Waals surface area (Å²) >= 11 is 2.45. The Morgan fingerprint density at radius 1 is 1.36 bits per heavy atom. The molecule has 3 heteroatoms. The summed E-state index contributed by atoms with van der Waals surface area (Å²) in [4.78, 5) is 2.50. The SMILES string of the molecule is CC(C)(CI)N1CCOCC1. The van der Waals surface area contributed by atoms with Crippen LogP contribution in [0.25, 0.3) is 0 Å². The van der Waals surface area contributed by atoms with Gasteiger partial charge in [-0.25, -0.2) is 0 Å². The van der Waals surface area contributed by atoms with E-state index in [0.717, 1.165) is 26.3 Å². The van der Waals surface area contributed by atoms with E-state index in [4.69, 9.17) is 4.74 Å². The lowest BCUT2D eigenvalue weighted by molar-refractivity contribution is -0.00150. The van der Waals surface area contributed by atoms with Gasteiger partial charge in [-0.1, -0.05) is 22.6 Å². The topological polar surface area (TPSA) is 12.5 Å². The minimum Gasteiger partial charge on any atom is -0.379 e. The van der Waals surface area contributed by atoms with Gasteiger partial charge in [0.2, 0.25) is 0 Å². The van der Waals surface area contributed by atoms with Crippen LogP contribution >= 0.6 is 22.6 Å². The first-order valence-electron chi connectivity index (χ1n) is 4.05. The van der Waals surface area contributed by atoms with Gasteiger partial charge in [0.1, 0.15) is 0 Å². The molecule has 0 aromatic rings. The van der Waals surface area contributed by atoms with Crippen molar-refractivity contribution in [3.8, 4) is 0 Å². The highest BCUT2D eigenvalue weighted by molar-refractivity contribution is 14.1. The van der Waals surface area contributed by atoms with E-state index in [-0.39, 0.29) is 0 Å². The second kappa shape index (κ2) is 4.05. The molecule has 0 aromatic carbocycles. The van der Waals surface area contributed by atoms with Crippen molar-refractivity contribution in [2.75, 3.05) is 30.7 Å². The first-order valence-corrected chi connectivity index (χ1v) is 5.58. The average molecular weight is 269 g/mol. The molecule has 0 saturated carbocycles. The Morgan fingerprint density at radius 3 is 2.36 bits per heavy atom. The quantitative estimate of drug-likeness (QED) is 0.557. The van der Waals surface area contributed by atoms with Crippen molar-refractivity contribution in [1.29, 1.82) is 0 Å². The molecule has 1 aliphatic rings. The molecule has 1 aliphatic heterocycles. The Morgan fingerprint density at radius 2 is 1.91 bits per heavy atom. The van der Waals surface area contributed by atoms with E-state index < -0.39 is 0 Å². The van der Waals surface area contributed by atoms with Crippen LogP contribution in [-0.4, -0.2) is 41.2 Å². The summed E-state index contributed by atoms with van der Waals surface area (Å²) in [7, 11) is 0. The molecule has 1 rings (SSSR count). The first kappa shape index (κ1) is 9.74. The molecular weight excluding hydrogens is 253 g/mol. The summed E-state index contributed by atoms with van der Waals surface area (Å²) in [5.74, 6) is 0. The summed E-state index contributed by atoms with van der Waals surface area (Å²) in [5, 5.41) is 0. The predicted molar refractivity (Wildman–Crippen MR) is 55.4 cm³/mol. The van der Waals surface area contributed by atoms with Gasteiger partial charge < -0.3 is 4.74 Å². The van der Waals surface area contributed by atoms with E-state index in [9.17, 15) is 0 Å². The zero-order valence-electron chi connectivity index (χ0n) is 7.27. The summed E-state index contributed by atoms with van der Waals surface area (Å²) in [6.45, 7) is 8.58. The smallest absolute Gasteiger partial charge is 0.0594 e. The van der Waals surface area contributed by atoms with Crippen LogP contribution in [0.4, 0.5) is 0 Å². The first-order chi connectivity index (χ1) is 5.17. The molecule has 0 atom stereocenters. The fourth-order valence-corrected chi connectivity index (χ4v) is 1.74. The van der Waals surface area contributed by atoms with E-state index in [1.165, 1.54) is 4.43 Å². The van der Waals surface area contributed by atoms with Crippen LogP contribution < -0.4 is 0 Å². The normalized spacial score (nSPS) is 22.1. The summed E-state index contributed by atoms with van der Waals surface area (Å²) in [6.07, 6.45) is 0. The van der Waals surface area contributed by atoms with Gasteiger partial charge in [-0.15, -0.1) is 0 Å². The maximum absolute atomic E-state index is 5.30. The van der Waals surface area contributed by atoms with E-state index in [1.807, 2.05) is 0 Å². The summed E-state index contributed by atoms with van der Waals surface area (Å²) in [5.41, 5.74) is 0.352. The fourth-order valence-electron chi connectivity index (χ4n) is 1.25. The molecule has 66 valence electrons. The van der Waals surface area contributed by atoms with E-state index in [2.05, 4.69) is 41.3 Å². The largest absolute Gasteiger partial charge is 0.379 e. The highest BCUT2D eigenvalue weighted by Crippen LogP contribution is 2.18. The highest BCUT2D eigenvalue weighted by Gasteiger charge is 2.26. The van der Waals surface area contributed by atoms with Crippen molar-refractivity contribution >= 4 is 22.6 Å². The Balaban J connectivity index is 2.43. The standard InChI is InChI=1S/C8H16INO/c1-8(2,7-9)10-3-5-11-6-4-10/h3-7H2,1-2H3. The molecule has 0 radical (unpaired) electrons. The van der Waals surface area contributed by atoms with Gasteiger partial charge in [-0.3, -0.25) is 4.90 Å². The highest BCUT2D eigenvalue weighted by atomic mass is 127. The number of hydrogen-bond donors (Lipinski definition) is 0. The minimum atomic E-state index is 0.352. The maximum Gasteiger partial charge on any atom is 0.0594 e. The van der Waals surface area contributed by atoms with Crippen LogP contribution in [-0.2, 0) is 4.74 Å². The van der Waals surface area contributed by atoms with Crippen molar-refractivity contribution < 1.29 is 4.74 Å². The molecule has 0 bridgehead atoms. The molecule has 0 N–H and O–H groups in total. The third-order valence-corrected chi connectivity index (χ3v) is 4.06. The lowest BCUT2D eigenvalue weighted by Crippen LogP contribution is -2.50. The van der Waals surface area contributed by atoms with Gasteiger partial charge in [-0.05, 0) is 13.8 Å². The third-order valence-electron chi connectivity index (χ3n) is 2.19. The number of rotatable bonds is 2. The molecule has 0 amide bonds. The molecule has 1 heterocycles. The second-order valence-electron chi connectivity index (χ2n) is 3.55. The monoisotopic (exact) mass is 269 g/mol. The molecule has 1 saturated heterocycles. The average Bonchev–Trinajstić information content (AvgIpc) is 2.06. The van der Waals surface area contributed by atoms with Gasteiger partial charge in [0.05, 0.1) is 13.2 Å². The van der Waals surface area contributed by atoms with Gasteiger partial charge >= 0.3 is 0 Å². The Labute approximate surface area is 82.4 Å². The Hall–Kier alpha value is 0.650. The van der Waals surface area contributed by atoms with Crippen LogP contribution in [0, 0.1) is 0 Å². The zero-order chi connectivity index (χ0) is 8.32. The van der Waals surface area contributed by atoms with Gasteiger partial charge in [0, 0.05) is 23.1 Å². The number of hydrogen-bond acceptors (Lipinski definition) is 2. The molecule has 0 aromatic heterocycles. The number of morpholine rings is 1. The minimum absolute atomic E-state index is 0.352. The van der Waals surface area contributed by atoms with Crippen molar-refractivity contribution in [3.63, 3.8) is 0 Å². The van der Waals surface area contributed by atoms with E-state index in [0.29, 0.717) is 5.54 Å². The Bertz CT molecular complexity index is 121. The molecule has 0 aliphatic carbocycles. The van der Waals surface area contributed by atoms with Crippen LogP contribution in [0.3, 0.4) is 0 Å². The number of nitrogens with zero attached hydrogens (tertiary/aromatic N) is 1. The van der Waals surface area contributed by atoms with Gasteiger partial charge in [0.15, 0.2) is 0 Å². The number of halogens is 1. The van der Waals surface area contributed by atoms with Crippen LogP contribution in [0.1, 0.15) is 13.8 Å². The van der Waals surface area contributed by atoms with Crippen molar-refractivity contribution in [3.05, 3.63) is 0 Å². The fraction of sp³-hybridized carbons (Fsp3) is 1.00. The molecule has 1 fully saturated rings. The lowest BCUT2D eigenvalue weighted by atomic mass is 10.1. The lowest BCUT2D eigenvalue weighted by Gasteiger charge is -2.39. The number of ether oxygens (including phenoxy) is 1. The molecular formula is C8H16INO. The zero-order valence-corrected chi connectivity index (χ0v) is 9.43. The number of alkyl halides is 1. The molecule has 0 unspecified atom stereocenters. The van der Waals surface area contributed by atoms with Crippen LogP contribution in [0.5, 0.6) is 0 Å². The van der Waals surface area contributed by atoms with Crippen molar-refractivity contribution in [1.82, 2.24) is 4.90 Å². The molecule has 0 spiro atoms. The Kier molecular flexibility index (Phi) is 3.58. The predicted octanol–water partition coefficient (Wildman–Crippen LogP) is 1.53. The third kappa shape index (κ3) is 2.56.